The zero-order valence-corrected chi connectivity index (χ0v) is 18.8. The summed E-state index contributed by atoms with van der Waals surface area (Å²) in [6.07, 6.45) is 8.10. The fraction of sp³-hybridized carbons (Fsp3) is 0.842. The first-order chi connectivity index (χ1) is 12.0. The molecule has 0 aromatic heterocycles. The molecule has 0 bridgehead atoms. The van der Waals surface area contributed by atoms with Crippen molar-refractivity contribution in [3.05, 3.63) is 0 Å². The minimum Gasteiger partial charge on any atom is -0.356 e. The van der Waals surface area contributed by atoms with Crippen LogP contribution in [0.15, 0.2) is 4.99 Å². The predicted octanol–water partition coefficient (Wildman–Crippen LogP) is 2.92. The van der Waals surface area contributed by atoms with Crippen LogP contribution in [0.4, 0.5) is 0 Å². The van der Waals surface area contributed by atoms with Gasteiger partial charge in [0.1, 0.15) is 0 Å². The molecule has 1 aliphatic heterocycles. The number of carbonyl (C=O) groups excluding carboxylic acids is 2. The van der Waals surface area contributed by atoms with Gasteiger partial charge in [0.05, 0.1) is 0 Å². The summed E-state index contributed by atoms with van der Waals surface area (Å²) >= 11 is 0. The molecule has 1 aliphatic carbocycles. The summed E-state index contributed by atoms with van der Waals surface area (Å²) in [6.45, 7) is 6.47. The number of carbonyl (C=O) groups is 2. The van der Waals surface area contributed by atoms with E-state index >= 15 is 0 Å². The molecule has 2 rings (SSSR count). The third-order valence-corrected chi connectivity index (χ3v) is 5.37. The maximum absolute atomic E-state index is 11.8. The number of halogens is 1. The fourth-order valence-electron chi connectivity index (χ4n) is 4.27. The van der Waals surface area contributed by atoms with Crippen LogP contribution in [0.5, 0.6) is 0 Å². The van der Waals surface area contributed by atoms with E-state index in [2.05, 4.69) is 29.5 Å². The highest BCUT2D eigenvalue weighted by Gasteiger charge is 2.34. The van der Waals surface area contributed by atoms with Gasteiger partial charge in [0.2, 0.25) is 11.8 Å². The van der Waals surface area contributed by atoms with Crippen molar-refractivity contribution in [1.82, 2.24) is 15.5 Å². The lowest BCUT2D eigenvalue weighted by molar-refractivity contribution is -0.147. The van der Waals surface area contributed by atoms with E-state index in [0.29, 0.717) is 43.7 Å². The molecule has 150 valence electrons. The van der Waals surface area contributed by atoms with Gasteiger partial charge < -0.3 is 10.6 Å². The third kappa shape index (κ3) is 6.70. The number of nitrogens with one attached hydrogen (secondary N) is 2. The van der Waals surface area contributed by atoms with Crippen LogP contribution in [0.2, 0.25) is 0 Å². The van der Waals surface area contributed by atoms with Crippen LogP contribution in [-0.2, 0) is 9.59 Å². The van der Waals surface area contributed by atoms with Gasteiger partial charge >= 0.3 is 0 Å². The van der Waals surface area contributed by atoms with Gasteiger partial charge in [-0.25, -0.2) is 0 Å². The highest BCUT2D eigenvalue weighted by molar-refractivity contribution is 14.0. The molecule has 0 aromatic rings. The minimum absolute atomic E-state index is 0. The van der Waals surface area contributed by atoms with E-state index in [1.807, 2.05) is 0 Å². The second-order valence-corrected chi connectivity index (χ2v) is 7.95. The molecule has 0 unspecified atom stereocenters. The molecule has 7 heteroatoms. The number of amides is 2. The number of nitrogens with zero attached hydrogens (tertiary/aromatic N) is 2. The lowest BCUT2D eigenvalue weighted by Gasteiger charge is -2.32. The lowest BCUT2D eigenvalue weighted by atomic mass is 9.78. The van der Waals surface area contributed by atoms with Crippen molar-refractivity contribution >= 4 is 41.8 Å². The summed E-state index contributed by atoms with van der Waals surface area (Å²) in [5, 5.41) is 6.71. The molecule has 0 aromatic carbocycles. The van der Waals surface area contributed by atoms with E-state index in [-0.39, 0.29) is 35.8 Å². The van der Waals surface area contributed by atoms with Crippen LogP contribution in [0.25, 0.3) is 0 Å². The van der Waals surface area contributed by atoms with Gasteiger partial charge in [-0.3, -0.25) is 19.5 Å². The van der Waals surface area contributed by atoms with E-state index in [1.54, 1.807) is 7.05 Å². The van der Waals surface area contributed by atoms with Crippen molar-refractivity contribution in [2.75, 3.05) is 26.7 Å². The predicted molar refractivity (Wildman–Crippen MR) is 116 cm³/mol. The Labute approximate surface area is 175 Å². The molecule has 2 aliphatic rings. The number of imide groups is 1. The molecule has 6 nitrogen and oxygen atoms in total. The first-order valence-corrected chi connectivity index (χ1v) is 9.73. The van der Waals surface area contributed by atoms with Gasteiger partial charge in [-0.15, -0.1) is 24.0 Å². The van der Waals surface area contributed by atoms with E-state index in [4.69, 9.17) is 0 Å². The molecular weight excluding hydrogens is 443 g/mol. The summed E-state index contributed by atoms with van der Waals surface area (Å²) in [5.41, 5.74) is 0.380. The Morgan fingerprint density at radius 2 is 1.73 bits per heavy atom. The maximum Gasteiger partial charge on any atom is 0.229 e. The van der Waals surface area contributed by atoms with Gasteiger partial charge in [-0.05, 0) is 37.0 Å². The molecule has 1 saturated carbocycles. The van der Waals surface area contributed by atoms with E-state index in [0.717, 1.165) is 12.5 Å². The number of guanidine groups is 1. The Hall–Kier alpha value is -0.860. The molecule has 1 heterocycles. The molecular formula is C19H35IN4O2. The molecule has 2 N–H and O–H groups in total. The summed E-state index contributed by atoms with van der Waals surface area (Å²) < 4.78 is 0. The van der Waals surface area contributed by atoms with Gasteiger partial charge in [-0.1, -0.05) is 26.7 Å². The molecule has 2 fully saturated rings. The summed E-state index contributed by atoms with van der Waals surface area (Å²) in [5.74, 6) is 1.35. The number of likely N-dealkylation sites (tertiary alicyclic amines) is 1. The molecule has 2 amide bonds. The topological polar surface area (TPSA) is 73.8 Å². The second-order valence-electron chi connectivity index (χ2n) is 7.95. The van der Waals surface area contributed by atoms with E-state index < -0.39 is 0 Å². The minimum atomic E-state index is -0.0529. The van der Waals surface area contributed by atoms with E-state index in [1.165, 1.54) is 37.0 Å². The molecule has 0 spiro atoms. The van der Waals surface area contributed by atoms with Crippen LogP contribution in [0.3, 0.4) is 0 Å². The Bertz CT molecular complexity index is 486. The normalized spacial score (nSPS) is 20.3. The number of aliphatic imine (C=N–C) groups is 1. The highest BCUT2D eigenvalue weighted by Crippen LogP contribution is 2.42. The first kappa shape index (κ1) is 23.2. The molecule has 26 heavy (non-hydrogen) atoms. The number of rotatable bonds is 7. The zero-order chi connectivity index (χ0) is 18.3. The molecule has 0 radical (unpaired) electrons. The van der Waals surface area contributed by atoms with Crippen LogP contribution in [-0.4, -0.2) is 49.4 Å². The average Bonchev–Trinajstić information content (AvgIpc) is 3.01. The summed E-state index contributed by atoms with van der Waals surface area (Å²) in [7, 11) is 1.76. The Kier molecular flexibility index (Phi) is 9.89. The average molecular weight is 478 g/mol. The Balaban J connectivity index is 0.00000338. The molecule has 0 atom stereocenters. The highest BCUT2D eigenvalue weighted by atomic mass is 127. The van der Waals surface area contributed by atoms with Crippen molar-refractivity contribution in [1.29, 1.82) is 0 Å². The van der Waals surface area contributed by atoms with Gasteiger partial charge in [0.15, 0.2) is 5.96 Å². The molecule has 1 saturated heterocycles. The van der Waals surface area contributed by atoms with Crippen molar-refractivity contribution in [3.8, 4) is 0 Å². The van der Waals surface area contributed by atoms with Crippen LogP contribution in [0.1, 0.15) is 65.2 Å². The summed E-state index contributed by atoms with van der Waals surface area (Å²) in [6, 6.07) is 0. The van der Waals surface area contributed by atoms with E-state index in [9.17, 15) is 9.59 Å². The van der Waals surface area contributed by atoms with Gasteiger partial charge in [0.25, 0.3) is 0 Å². The van der Waals surface area contributed by atoms with Crippen molar-refractivity contribution in [2.24, 2.45) is 16.3 Å². The zero-order valence-electron chi connectivity index (χ0n) is 16.5. The maximum atomic E-state index is 11.8. The number of hydrogen-bond donors (Lipinski definition) is 2. The van der Waals surface area contributed by atoms with Gasteiger partial charge in [-0.2, -0.15) is 0 Å². The standard InChI is InChI=1S/C19H34N4O2.HI/c1-15(2)13-19(9-4-5-10-19)14-22-18(20-3)21-11-12-23-16(24)7-6-8-17(23)25;/h15H,4-14H2,1-3H3,(H2,20,21,22);1H. The van der Waals surface area contributed by atoms with Crippen molar-refractivity contribution < 1.29 is 9.59 Å². The number of hydrogen-bond acceptors (Lipinski definition) is 3. The largest absolute Gasteiger partial charge is 0.356 e. The van der Waals surface area contributed by atoms with Crippen molar-refractivity contribution in [3.63, 3.8) is 0 Å². The first-order valence-electron chi connectivity index (χ1n) is 9.73. The summed E-state index contributed by atoms with van der Waals surface area (Å²) in [4.78, 5) is 29.3. The van der Waals surface area contributed by atoms with Crippen LogP contribution in [0, 0.1) is 11.3 Å². The SMILES string of the molecule is CN=C(NCCN1C(=O)CCCC1=O)NCC1(CC(C)C)CCCC1.I. The lowest BCUT2D eigenvalue weighted by Crippen LogP contribution is -2.48. The second kappa shape index (κ2) is 11.1. The quantitative estimate of drug-likeness (QED) is 0.256. The van der Waals surface area contributed by atoms with Crippen molar-refractivity contribution in [2.45, 2.75) is 65.2 Å². The van der Waals surface area contributed by atoms with Crippen LogP contribution >= 0.6 is 24.0 Å². The number of piperidine rings is 1. The Morgan fingerprint density at radius 3 is 2.27 bits per heavy atom. The third-order valence-electron chi connectivity index (χ3n) is 5.37. The van der Waals surface area contributed by atoms with Gasteiger partial charge in [0, 0.05) is 39.5 Å². The smallest absolute Gasteiger partial charge is 0.229 e. The Morgan fingerprint density at radius 1 is 1.12 bits per heavy atom. The monoisotopic (exact) mass is 478 g/mol. The van der Waals surface area contributed by atoms with Crippen LogP contribution < -0.4 is 10.6 Å². The fourth-order valence-corrected chi connectivity index (χ4v) is 4.27.